The van der Waals surface area contributed by atoms with Crippen molar-refractivity contribution in [3.05, 3.63) is 47.6 Å². The number of hydrogen-bond acceptors (Lipinski definition) is 5. The van der Waals surface area contributed by atoms with E-state index in [1.807, 2.05) is 12.1 Å². The second-order valence-corrected chi connectivity index (χ2v) is 5.64. The first-order valence-electron chi connectivity index (χ1n) is 7.52. The third-order valence-corrected chi connectivity index (χ3v) is 4.02. The van der Waals surface area contributed by atoms with Gasteiger partial charge in [-0.3, -0.25) is 0 Å². The largest absolute Gasteiger partial charge is 0.464 e. The van der Waals surface area contributed by atoms with Gasteiger partial charge < -0.3 is 9.30 Å². The maximum absolute atomic E-state index is 11.7. The second kappa shape index (κ2) is 5.42. The number of fused-ring (bicyclic) bond motifs is 1. The Balaban J connectivity index is 1.92. The molecule has 0 N–H and O–H groups in total. The first-order chi connectivity index (χ1) is 11.7. The fourth-order valence-electron chi connectivity index (χ4n) is 2.75. The van der Waals surface area contributed by atoms with Crippen LogP contribution in [-0.2, 0) is 4.74 Å². The minimum atomic E-state index is -0.534. The maximum atomic E-state index is 11.7. The van der Waals surface area contributed by atoms with Crippen LogP contribution < -0.4 is 0 Å². The molecule has 118 valence electrons. The molecule has 0 radical (unpaired) electrons. The number of benzene rings is 1. The van der Waals surface area contributed by atoms with Gasteiger partial charge in [0.2, 0.25) is 0 Å². The number of ether oxygens (including phenoxy) is 1. The van der Waals surface area contributed by atoms with E-state index in [-0.39, 0.29) is 5.69 Å². The Labute approximate surface area is 137 Å². The van der Waals surface area contributed by atoms with Gasteiger partial charge in [0.25, 0.3) is 0 Å². The summed E-state index contributed by atoms with van der Waals surface area (Å²) < 4.78 is 6.83. The lowest BCUT2D eigenvalue weighted by atomic mass is 10.2. The molecule has 24 heavy (non-hydrogen) atoms. The van der Waals surface area contributed by atoms with Gasteiger partial charge in [0.15, 0.2) is 11.4 Å². The molecule has 1 aliphatic carbocycles. The van der Waals surface area contributed by atoms with Gasteiger partial charge in [-0.05, 0) is 31.0 Å². The van der Waals surface area contributed by atoms with Gasteiger partial charge >= 0.3 is 5.97 Å². The van der Waals surface area contributed by atoms with Crippen LogP contribution in [-0.4, -0.2) is 32.8 Å². The zero-order valence-electron chi connectivity index (χ0n) is 12.9. The molecule has 4 rings (SSSR count). The van der Waals surface area contributed by atoms with Crippen molar-refractivity contribution in [3.8, 4) is 11.4 Å². The molecule has 1 fully saturated rings. The fourth-order valence-corrected chi connectivity index (χ4v) is 2.75. The average molecular weight is 319 g/mol. The summed E-state index contributed by atoms with van der Waals surface area (Å²) in [5, 5.41) is 7.71. The van der Waals surface area contributed by atoms with Crippen molar-refractivity contribution < 1.29 is 9.53 Å². The van der Waals surface area contributed by atoms with Crippen LogP contribution in [0.1, 0.15) is 29.4 Å². The normalized spacial score (nSPS) is 13.7. The smallest absolute Gasteiger partial charge is 0.358 e. The van der Waals surface area contributed by atoms with E-state index in [0.717, 1.165) is 29.7 Å². The Bertz CT molecular complexity index is 998. The molecule has 0 spiro atoms. The number of imidazole rings is 1. The van der Waals surface area contributed by atoms with Crippen LogP contribution in [0.4, 0.5) is 5.69 Å². The van der Waals surface area contributed by atoms with E-state index in [2.05, 4.69) is 24.6 Å². The number of nitrogens with zero attached hydrogens (tertiary/aromatic N) is 5. The lowest BCUT2D eigenvalue weighted by Crippen LogP contribution is -2.06. The Morgan fingerprint density at radius 3 is 2.92 bits per heavy atom. The third-order valence-electron chi connectivity index (χ3n) is 4.02. The van der Waals surface area contributed by atoms with Crippen molar-refractivity contribution in [2.45, 2.75) is 18.9 Å². The average Bonchev–Trinajstić information content (AvgIpc) is 3.40. The molecular weight excluding hydrogens is 306 g/mol. The first kappa shape index (κ1) is 14.3. The molecule has 7 nitrogen and oxygen atoms in total. The van der Waals surface area contributed by atoms with Crippen LogP contribution in [0, 0.1) is 6.57 Å². The van der Waals surface area contributed by atoms with Crippen LogP contribution in [0.25, 0.3) is 27.3 Å². The molecular formula is C17H13N5O2. The van der Waals surface area contributed by atoms with E-state index in [1.54, 1.807) is 18.3 Å². The molecule has 0 unspecified atom stereocenters. The van der Waals surface area contributed by atoms with E-state index >= 15 is 0 Å². The highest BCUT2D eigenvalue weighted by Gasteiger charge is 2.29. The van der Waals surface area contributed by atoms with Gasteiger partial charge in [-0.25, -0.2) is 14.6 Å². The Kier molecular flexibility index (Phi) is 3.24. The van der Waals surface area contributed by atoms with Gasteiger partial charge in [0, 0.05) is 11.6 Å². The minimum absolute atomic E-state index is 0.145. The molecule has 0 amide bonds. The van der Waals surface area contributed by atoms with Crippen LogP contribution in [0.5, 0.6) is 0 Å². The lowest BCUT2D eigenvalue weighted by molar-refractivity contribution is 0.0592. The summed E-state index contributed by atoms with van der Waals surface area (Å²) in [5.74, 6) is 0.198. The monoisotopic (exact) mass is 319 g/mol. The highest BCUT2D eigenvalue weighted by molar-refractivity contribution is 5.89. The van der Waals surface area contributed by atoms with Gasteiger partial charge in [-0.2, -0.15) is 5.10 Å². The van der Waals surface area contributed by atoms with E-state index in [9.17, 15) is 4.79 Å². The first-order valence-corrected chi connectivity index (χ1v) is 7.52. The van der Waals surface area contributed by atoms with Gasteiger partial charge in [0.05, 0.1) is 30.9 Å². The Hall–Kier alpha value is -3.27. The molecule has 0 atom stereocenters. The molecule has 3 aromatic rings. The van der Waals surface area contributed by atoms with E-state index in [0.29, 0.717) is 17.3 Å². The van der Waals surface area contributed by atoms with Crippen molar-refractivity contribution in [1.82, 2.24) is 19.7 Å². The Morgan fingerprint density at radius 2 is 2.21 bits per heavy atom. The van der Waals surface area contributed by atoms with Crippen LogP contribution >= 0.6 is 0 Å². The number of carbonyl (C=O) groups excluding carboxylic acids is 1. The Morgan fingerprint density at radius 1 is 1.38 bits per heavy atom. The summed E-state index contributed by atoms with van der Waals surface area (Å²) in [6.45, 7) is 7.21. The second-order valence-electron chi connectivity index (χ2n) is 5.64. The molecule has 0 saturated heterocycles. The number of esters is 1. The van der Waals surface area contributed by atoms with Crippen molar-refractivity contribution in [1.29, 1.82) is 0 Å². The van der Waals surface area contributed by atoms with E-state index < -0.39 is 5.97 Å². The highest BCUT2D eigenvalue weighted by Crippen LogP contribution is 2.41. The summed E-state index contributed by atoms with van der Waals surface area (Å²) in [6, 6.07) is 7.46. The molecule has 2 heterocycles. The quantitative estimate of drug-likeness (QED) is 0.547. The fraction of sp³-hybridized carbons (Fsp3) is 0.235. The molecule has 2 aromatic heterocycles. The predicted octanol–water partition coefficient (Wildman–Crippen LogP) is 3.17. The number of rotatable bonds is 3. The number of aromatic nitrogens is 4. The summed E-state index contributed by atoms with van der Waals surface area (Å²) >= 11 is 0. The molecule has 1 saturated carbocycles. The minimum Gasteiger partial charge on any atom is -0.464 e. The summed E-state index contributed by atoms with van der Waals surface area (Å²) in [7, 11) is 1.31. The number of carbonyl (C=O) groups is 1. The molecule has 0 aliphatic heterocycles. The number of hydrogen-bond donors (Lipinski definition) is 0. The molecule has 1 aliphatic rings. The van der Waals surface area contributed by atoms with Gasteiger partial charge in [-0.15, -0.1) is 5.10 Å². The lowest BCUT2D eigenvalue weighted by Gasteiger charge is -2.08. The van der Waals surface area contributed by atoms with E-state index in [1.165, 1.54) is 7.11 Å². The maximum Gasteiger partial charge on any atom is 0.358 e. The van der Waals surface area contributed by atoms with Crippen LogP contribution in [0.15, 0.2) is 30.5 Å². The third kappa shape index (κ3) is 2.29. The van der Waals surface area contributed by atoms with E-state index in [4.69, 9.17) is 11.3 Å². The van der Waals surface area contributed by atoms with Crippen molar-refractivity contribution in [2.24, 2.45) is 0 Å². The number of methoxy groups -OCH3 is 1. The van der Waals surface area contributed by atoms with Crippen LogP contribution in [0.3, 0.4) is 0 Å². The standard InChI is InChI=1S/C17H13N5O2/c1-18-11-3-6-13-15(8-11)22(12-4-5-12)16(20-13)10-7-14(17(23)24-2)21-19-9-10/h3,6-9,12H,4-5H2,2H3. The highest BCUT2D eigenvalue weighted by atomic mass is 16.5. The molecule has 1 aromatic carbocycles. The van der Waals surface area contributed by atoms with Gasteiger partial charge in [0.1, 0.15) is 5.82 Å². The van der Waals surface area contributed by atoms with Crippen LogP contribution in [0.2, 0.25) is 0 Å². The topological polar surface area (TPSA) is 74.3 Å². The molecule has 7 heteroatoms. The van der Waals surface area contributed by atoms with Gasteiger partial charge in [-0.1, -0.05) is 6.07 Å². The predicted molar refractivity (Wildman–Crippen MR) is 86.6 cm³/mol. The molecule has 0 bridgehead atoms. The summed E-state index contributed by atoms with van der Waals surface area (Å²) in [4.78, 5) is 19.9. The van der Waals surface area contributed by atoms with Crippen molar-refractivity contribution in [2.75, 3.05) is 7.11 Å². The zero-order valence-corrected chi connectivity index (χ0v) is 12.9. The van der Waals surface area contributed by atoms with Crippen molar-refractivity contribution >= 4 is 22.7 Å². The zero-order chi connectivity index (χ0) is 16.7. The SMILES string of the molecule is [C-]#[N+]c1ccc2nc(-c3cnnc(C(=O)OC)c3)n(C3CC3)c2c1. The summed E-state index contributed by atoms with van der Waals surface area (Å²) in [5.41, 5.74) is 3.18. The van der Waals surface area contributed by atoms with Crippen molar-refractivity contribution in [3.63, 3.8) is 0 Å². The summed E-state index contributed by atoms with van der Waals surface area (Å²) in [6.07, 6.45) is 3.73.